The number of nitrogens with zero attached hydrogens (tertiary/aromatic N) is 6. The lowest BCUT2D eigenvalue weighted by Gasteiger charge is -2.28. The van der Waals surface area contributed by atoms with Crippen LogP contribution in [0, 0.1) is 0 Å². The molecule has 4 heterocycles. The van der Waals surface area contributed by atoms with Crippen LogP contribution in [-0.2, 0) is 17.8 Å². The summed E-state index contributed by atoms with van der Waals surface area (Å²) in [5.74, 6) is 2.25. The number of hydrogen-bond donors (Lipinski definition) is 0. The van der Waals surface area contributed by atoms with Crippen LogP contribution >= 0.6 is 0 Å². The zero-order valence-electron chi connectivity index (χ0n) is 16.1. The summed E-state index contributed by atoms with van der Waals surface area (Å²) in [5, 5.41) is 0. The molecule has 0 bridgehead atoms. The molecule has 2 aliphatic rings. The van der Waals surface area contributed by atoms with E-state index in [1.165, 1.54) is 6.33 Å². The van der Waals surface area contributed by atoms with Crippen molar-refractivity contribution in [1.82, 2.24) is 19.9 Å². The second kappa shape index (κ2) is 8.00. The second-order valence-corrected chi connectivity index (χ2v) is 7.00. The van der Waals surface area contributed by atoms with Crippen molar-refractivity contribution in [3.05, 3.63) is 60.2 Å². The van der Waals surface area contributed by atoms with Crippen molar-refractivity contribution < 1.29 is 9.47 Å². The molecule has 3 aromatic rings. The number of para-hydroxylation sites is 1. The van der Waals surface area contributed by atoms with Crippen LogP contribution in [0.2, 0.25) is 0 Å². The Morgan fingerprint density at radius 2 is 1.76 bits per heavy atom. The highest BCUT2D eigenvalue weighted by molar-refractivity contribution is 5.69. The van der Waals surface area contributed by atoms with E-state index >= 15 is 0 Å². The van der Waals surface area contributed by atoms with Gasteiger partial charge in [0.2, 0.25) is 11.8 Å². The van der Waals surface area contributed by atoms with Crippen molar-refractivity contribution in [1.29, 1.82) is 0 Å². The first-order chi connectivity index (χ1) is 14.4. The summed E-state index contributed by atoms with van der Waals surface area (Å²) in [6.45, 7) is 4.14. The third-order valence-electron chi connectivity index (χ3n) is 5.13. The van der Waals surface area contributed by atoms with Gasteiger partial charge >= 0.3 is 0 Å². The molecule has 8 nitrogen and oxygen atoms in total. The molecule has 0 amide bonds. The highest BCUT2D eigenvalue weighted by Gasteiger charge is 2.29. The molecule has 8 heteroatoms. The van der Waals surface area contributed by atoms with Gasteiger partial charge in [-0.25, -0.2) is 9.97 Å². The van der Waals surface area contributed by atoms with E-state index in [9.17, 15) is 0 Å². The first-order valence-corrected chi connectivity index (χ1v) is 9.81. The Bertz CT molecular complexity index is 964. The Morgan fingerprint density at radius 1 is 0.966 bits per heavy atom. The first kappa shape index (κ1) is 17.8. The molecular weight excluding hydrogens is 368 g/mol. The van der Waals surface area contributed by atoms with Crippen molar-refractivity contribution in [2.45, 2.75) is 13.0 Å². The number of morpholine rings is 1. The molecule has 2 aliphatic heterocycles. The van der Waals surface area contributed by atoms with Gasteiger partial charge in [0.05, 0.1) is 18.8 Å². The maximum atomic E-state index is 6.13. The maximum absolute atomic E-state index is 6.13. The minimum Gasteiger partial charge on any atom is -0.472 e. The molecule has 148 valence electrons. The number of anilines is 3. The third kappa shape index (κ3) is 3.71. The Labute approximate surface area is 169 Å². The van der Waals surface area contributed by atoms with E-state index in [1.807, 2.05) is 18.2 Å². The van der Waals surface area contributed by atoms with Gasteiger partial charge in [-0.15, -0.1) is 0 Å². The predicted molar refractivity (Wildman–Crippen MR) is 109 cm³/mol. The van der Waals surface area contributed by atoms with Crippen LogP contribution in [0.3, 0.4) is 0 Å². The van der Waals surface area contributed by atoms with Crippen molar-refractivity contribution in [3.63, 3.8) is 0 Å². The number of ether oxygens (including phenoxy) is 2. The zero-order chi connectivity index (χ0) is 19.5. The van der Waals surface area contributed by atoms with Crippen molar-refractivity contribution in [2.75, 3.05) is 42.6 Å². The summed E-state index contributed by atoms with van der Waals surface area (Å²) in [4.78, 5) is 22.2. The van der Waals surface area contributed by atoms with Gasteiger partial charge in [0.15, 0.2) is 0 Å². The lowest BCUT2D eigenvalue weighted by atomic mass is 10.2. The van der Waals surface area contributed by atoms with Crippen molar-refractivity contribution >= 4 is 17.5 Å². The van der Waals surface area contributed by atoms with Gasteiger partial charge in [0.25, 0.3) is 0 Å². The lowest BCUT2D eigenvalue weighted by molar-refractivity contribution is 0.122. The first-order valence-electron chi connectivity index (χ1n) is 9.81. The SMILES string of the molecule is c1ccc(N2CCc3c(OCc4cncnc4)nc(N4CCOCC4)nc32)cc1. The van der Waals surface area contributed by atoms with Gasteiger partial charge in [-0.1, -0.05) is 18.2 Å². The second-order valence-electron chi connectivity index (χ2n) is 7.00. The Balaban J connectivity index is 1.50. The van der Waals surface area contributed by atoms with E-state index in [-0.39, 0.29) is 0 Å². The van der Waals surface area contributed by atoms with E-state index in [0.717, 1.165) is 48.7 Å². The molecule has 29 heavy (non-hydrogen) atoms. The molecule has 1 saturated heterocycles. The highest BCUT2D eigenvalue weighted by atomic mass is 16.5. The molecule has 0 radical (unpaired) electrons. The van der Waals surface area contributed by atoms with Crippen LogP contribution in [0.25, 0.3) is 0 Å². The average Bonchev–Trinajstić information content (AvgIpc) is 3.23. The Hall–Kier alpha value is -3.26. The average molecular weight is 390 g/mol. The molecule has 2 aromatic heterocycles. The number of benzene rings is 1. The third-order valence-corrected chi connectivity index (χ3v) is 5.13. The molecule has 0 spiro atoms. The smallest absolute Gasteiger partial charge is 0.230 e. The lowest BCUT2D eigenvalue weighted by Crippen LogP contribution is -2.37. The predicted octanol–water partition coefficient (Wildman–Crippen LogP) is 2.38. The quantitative estimate of drug-likeness (QED) is 0.657. The van der Waals surface area contributed by atoms with Gasteiger partial charge in [-0.05, 0) is 18.6 Å². The molecule has 0 N–H and O–H groups in total. The van der Waals surface area contributed by atoms with E-state index in [2.05, 4.69) is 31.9 Å². The number of rotatable bonds is 5. The van der Waals surface area contributed by atoms with Crippen LogP contribution in [-0.4, -0.2) is 52.8 Å². The number of aromatic nitrogens is 4. The summed E-state index contributed by atoms with van der Waals surface area (Å²) in [6, 6.07) is 10.3. The van der Waals surface area contributed by atoms with Gasteiger partial charge in [0.1, 0.15) is 18.8 Å². The Morgan fingerprint density at radius 3 is 2.55 bits per heavy atom. The van der Waals surface area contributed by atoms with E-state index < -0.39 is 0 Å². The van der Waals surface area contributed by atoms with Gasteiger partial charge in [0, 0.05) is 43.3 Å². The fraction of sp³-hybridized carbons (Fsp3) is 0.333. The molecule has 0 saturated carbocycles. The van der Waals surface area contributed by atoms with Crippen LogP contribution in [0.15, 0.2) is 49.1 Å². The summed E-state index contributed by atoms with van der Waals surface area (Å²) < 4.78 is 11.6. The number of fused-ring (bicyclic) bond motifs is 1. The van der Waals surface area contributed by atoms with Crippen LogP contribution in [0.5, 0.6) is 5.88 Å². The minimum absolute atomic E-state index is 0.373. The Kier molecular flexibility index (Phi) is 4.92. The van der Waals surface area contributed by atoms with E-state index in [1.54, 1.807) is 12.4 Å². The summed E-state index contributed by atoms with van der Waals surface area (Å²) in [7, 11) is 0. The minimum atomic E-state index is 0.373. The van der Waals surface area contributed by atoms with E-state index in [0.29, 0.717) is 31.6 Å². The maximum Gasteiger partial charge on any atom is 0.230 e. The molecule has 1 aromatic carbocycles. The molecule has 5 rings (SSSR count). The normalized spacial score (nSPS) is 16.0. The standard InChI is InChI=1S/C21H22N6O2/c1-2-4-17(5-3-1)27-7-6-18-19(27)24-21(26-8-10-28-11-9-26)25-20(18)29-14-16-12-22-15-23-13-16/h1-5,12-13,15H,6-11,14H2. The number of hydrogen-bond acceptors (Lipinski definition) is 8. The highest BCUT2D eigenvalue weighted by Crippen LogP contribution is 2.38. The van der Waals surface area contributed by atoms with Gasteiger partial charge < -0.3 is 19.3 Å². The zero-order valence-corrected chi connectivity index (χ0v) is 16.1. The fourth-order valence-corrected chi connectivity index (χ4v) is 3.65. The summed E-state index contributed by atoms with van der Waals surface area (Å²) >= 11 is 0. The molecule has 0 atom stereocenters. The monoisotopic (exact) mass is 390 g/mol. The van der Waals surface area contributed by atoms with Crippen LogP contribution < -0.4 is 14.5 Å². The van der Waals surface area contributed by atoms with E-state index in [4.69, 9.17) is 19.4 Å². The van der Waals surface area contributed by atoms with Crippen molar-refractivity contribution in [2.24, 2.45) is 0 Å². The molecular formula is C21H22N6O2. The van der Waals surface area contributed by atoms with Gasteiger partial charge in [-0.2, -0.15) is 9.97 Å². The molecule has 0 aliphatic carbocycles. The molecule has 0 unspecified atom stereocenters. The summed E-state index contributed by atoms with van der Waals surface area (Å²) in [6.07, 6.45) is 5.87. The van der Waals surface area contributed by atoms with Gasteiger partial charge in [-0.3, -0.25) is 0 Å². The fourth-order valence-electron chi connectivity index (χ4n) is 3.65. The largest absolute Gasteiger partial charge is 0.472 e. The summed E-state index contributed by atoms with van der Waals surface area (Å²) in [5.41, 5.74) is 3.08. The molecule has 1 fully saturated rings. The topological polar surface area (TPSA) is 76.5 Å². The van der Waals surface area contributed by atoms with Crippen LogP contribution in [0.1, 0.15) is 11.1 Å². The van der Waals surface area contributed by atoms with Crippen molar-refractivity contribution in [3.8, 4) is 5.88 Å². The van der Waals surface area contributed by atoms with Crippen LogP contribution in [0.4, 0.5) is 17.5 Å².